The Labute approximate surface area is 55.6 Å². The van der Waals surface area contributed by atoms with Crippen LogP contribution in [0.3, 0.4) is 0 Å². The Morgan fingerprint density at radius 1 is 1.75 bits per heavy atom. The molecule has 1 saturated heterocycles. The first kappa shape index (κ1) is 6.37. The van der Waals surface area contributed by atoms with Crippen LogP contribution in [0.1, 0.15) is 6.42 Å². The van der Waals surface area contributed by atoms with E-state index >= 15 is 0 Å². The molecular formula is C6H11ClN. The molecule has 0 spiro atoms. The van der Waals surface area contributed by atoms with Gasteiger partial charge in [-0.05, 0) is 26.4 Å². The van der Waals surface area contributed by atoms with Gasteiger partial charge in [0.25, 0.3) is 0 Å². The quantitative estimate of drug-likeness (QED) is 0.447. The number of nitrogens with zero attached hydrogens (tertiary/aromatic N) is 1. The van der Waals surface area contributed by atoms with Crippen molar-refractivity contribution in [2.45, 2.75) is 11.8 Å². The number of hydrogen-bond donors (Lipinski definition) is 0. The van der Waals surface area contributed by atoms with Gasteiger partial charge in [0.05, 0.1) is 0 Å². The van der Waals surface area contributed by atoms with Crippen LogP contribution in [-0.4, -0.2) is 30.4 Å². The Kier molecular flexibility index (Phi) is 2.15. The molecule has 47 valence electrons. The minimum atomic E-state index is 0.286. The highest BCUT2D eigenvalue weighted by molar-refractivity contribution is 6.21. The summed E-state index contributed by atoms with van der Waals surface area (Å²) in [6.45, 7) is 2.19. The van der Waals surface area contributed by atoms with Gasteiger partial charge in [0.2, 0.25) is 0 Å². The lowest BCUT2D eigenvalue weighted by molar-refractivity contribution is 0.313. The second-order valence-corrected chi connectivity index (χ2v) is 2.86. The largest absolute Gasteiger partial charge is 0.305 e. The van der Waals surface area contributed by atoms with Crippen LogP contribution in [0.4, 0.5) is 0 Å². The summed E-state index contributed by atoms with van der Waals surface area (Å²) < 4.78 is 0. The molecule has 0 aromatic heterocycles. The van der Waals surface area contributed by atoms with E-state index in [9.17, 15) is 0 Å². The lowest BCUT2D eigenvalue weighted by Gasteiger charge is -2.24. The molecular weight excluding hydrogens is 122 g/mol. The number of likely N-dealkylation sites (tertiary alicyclic amines) is 1. The molecule has 2 heteroatoms. The highest BCUT2D eigenvalue weighted by Gasteiger charge is 2.13. The van der Waals surface area contributed by atoms with E-state index in [2.05, 4.69) is 18.4 Å². The maximum atomic E-state index is 5.81. The normalized spacial score (nSPS) is 33.0. The third kappa shape index (κ3) is 1.64. The summed E-state index contributed by atoms with van der Waals surface area (Å²) in [5, 5.41) is 0.286. The Morgan fingerprint density at radius 2 is 2.50 bits per heavy atom. The van der Waals surface area contributed by atoms with Crippen molar-refractivity contribution in [3.05, 3.63) is 6.42 Å². The van der Waals surface area contributed by atoms with Crippen molar-refractivity contribution in [2.24, 2.45) is 0 Å². The summed E-state index contributed by atoms with van der Waals surface area (Å²) >= 11 is 5.81. The van der Waals surface area contributed by atoms with E-state index in [0.29, 0.717) is 0 Å². The summed E-state index contributed by atoms with van der Waals surface area (Å²) in [4.78, 5) is 2.25. The van der Waals surface area contributed by atoms with Crippen molar-refractivity contribution in [3.63, 3.8) is 0 Å². The maximum Gasteiger partial charge on any atom is 0.0494 e. The van der Waals surface area contributed by atoms with Crippen LogP contribution >= 0.6 is 11.6 Å². The smallest absolute Gasteiger partial charge is 0.0494 e. The van der Waals surface area contributed by atoms with Gasteiger partial charge in [0.1, 0.15) is 0 Å². The first-order valence-corrected chi connectivity index (χ1v) is 3.38. The van der Waals surface area contributed by atoms with Gasteiger partial charge >= 0.3 is 0 Å². The third-order valence-corrected chi connectivity index (χ3v) is 1.74. The molecule has 1 aliphatic heterocycles. The number of piperidine rings is 1. The predicted molar refractivity (Wildman–Crippen MR) is 36.1 cm³/mol. The average Bonchev–Trinajstić information content (AvgIpc) is 1.64. The SMILES string of the molecule is CN1CC[CH]C(Cl)C1. The van der Waals surface area contributed by atoms with Crippen molar-refractivity contribution >= 4 is 11.6 Å². The monoisotopic (exact) mass is 132 g/mol. The molecule has 1 atom stereocenters. The topological polar surface area (TPSA) is 3.24 Å². The lowest BCUT2D eigenvalue weighted by Crippen LogP contribution is -2.32. The van der Waals surface area contributed by atoms with E-state index in [1.54, 1.807) is 0 Å². The molecule has 1 aliphatic rings. The number of alkyl halides is 1. The van der Waals surface area contributed by atoms with E-state index in [0.717, 1.165) is 13.0 Å². The summed E-state index contributed by atoms with van der Waals surface area (Å²) in [5.74, 6) is 0. The summed E-state index contributed by atoms with van der Waals surface area (Å²) in [5.41, 5.74) is 0. The molecule has 8 heavy (non-hydrogen) atoms. The van der Waals surface area contributed by atoms with Gasteiger partial charge in [-0.2, -0.15) is 0 Å². The van der Waals surface area contributed by atoms with Gasteiger partial charge in [-0.1, -0.05) is 0 Å². The van der Waals surface area contributed by atoms with Gasteiger partial charge < -0.3 is 4.90 Å². The molecule has 1 rings (SSSR count). The van der Waals surface area contributed by atoms with Crippen LogP contribution in [0.25, 0.3) is 0 Å². The fraction of sp³-hybridized carbons (Fsp3) is 0.833. The van der Waals surface area contributed by atoms with Crippen LogP contribution in [0.5, 0.6) is 0 Å². The Balaban J connectivity index is 2.23. The highest BCUT2D eigenvalue weighted by Crippen LogP contribution is 2.11. The first-order valence-electron chi connectivity index (χ1n) is 2.95. The van der Waals surface area contributed by atoms with Crippen LogP contribution in [0.15, 0.2) is 0 Å². The zero-order valence-electron chi connectivity index (χ0n) is 5.10. The predicted octanol–water partition coefficient (Wildman–Crippen LogP) is 1.13. The summed E-state index contributed by atoms with van der Waals surface area (Å²) in [6.07, 6.45) is 3.31. The molecule has 0 N–H and O–H groups in total. The zero-order valence-corrected chi connectivity index (χ0v) is 5.86. The van der Waals surface area contributed by atoms with Crippen LogP contribution in [0.2, 0.25) is 0 Å². The molecule has 0 saturated carbocycles. The first-order chi connectivity index (χ1) is 3.79. The van der Waals surface area contributed by atoms with Gasteiger partial charge in [-0.25, -0.2) is 0 Å². The fourth-order valence-corrected chi connectivity index (χ4v) is 1.30. The standard InChI is InChI=1S/C6H11ClN/c1-8-4-2-3-6(7)5-8/h3,6H,2,4-5H2,1H3. The minimum absolute atomic E-state index is 0.286. The van der Waals surface area contributed by atoms with Crippen LogP contribution in [0, 0.1) is 6.42 Å². The van der Waals surface area contributed by atoms with Gasteiger partial charge in [-0.3, -0.25) is 0 Å². The average molecular weight is 133 g/mol. The van der Waals surface area contributed by atoms with Gasteiger partial charge in [0, 0.05) is 11.9 Å². The summed E-state index contributed by atoms with van der Waals surface area (Å²) in [7, 11) is 2.10. The Hall–Kier alpha value is 0.250. The van der Waals surface area contributed by atoms with Gasteiger partial charge in [-0.15, -0.1) is 11.6 Å². The van der Waals surface area contributed by atoms with E-state index < -0.39 is 0 Å². The zero-order chi connectivity index (χ0) is 5.98. The third-order valence-electron chi connectivity index (χ3n) is 1.42. The summed E-state index contributed by atoms with van der Waals surface area (Å²) in [6, 6.07) is 0. The van der Waals surface area contributed by atoms with E-state index in [-0.39, 0.29) is 5.38 Å². The molecule has 1 fully saturated rings. The van der Waals surface area contributed by atoms with E-state index in [1.165, 1.54) is 6.54 Å². The van der Waals surface area contributed by atoms with Crippen molar-refractivity contribution in [3.8, 4) is 0 Å². The molecule has 0 amide bonds. The van der Waals surface area contributed by atoms with Crippen molar-refractivity contribution in [1.82, 2.24) is 4.90 Å². The number of halogens is 1. The lowest BCUT2D eigenvalue weighted by atomic mass is 10.1. The van der Waals surface area contributed by atoms with Gasteiger partial charge in [0.15, 0.2) is 0 Å². The van der Waals surface area contributed by atoms with Crippen molar-refractivity contribution in [1.29, 1.82) is 0 Å². The van der Waals surface area contributed by atoms with E-state index in [4.69, 9.17) is 11.6 Å². The Bertz CT molecular complexity index is 66.9. The highest BCUT2D eigenvalue weighted by atomic mass is 35.5. The number of hydrogen-bond acceptors (Lipinski definition) is 1. The maximum absolute atomic E-state index is 5.81. The Morgan fingerprint density at radius 3 is 2.88 bits per heavy atom. The second-order valence-electron chi connectivity index (χ2n) is 2.30. The molecule has 0 aliphatic carbocycles. The molecule has 0 aromatic rings. The molecule has 0 bridgehead atoms. The molecule has 1 unspecified atom stereocenters. The molecule has 1 heterocycles. The van der Waals surface area contributed by atoms with Crippen molar-refractivity contribution < 1.29 is 0 Å². The minimum Gasteiger partial charge on any atom is -0.305 e. The van der Waals surface area contributed by atoms with Crippen molar-refractivity contribution in [2.75, 3.05) is 20.1 Å². The van der Waals surface area contributed by atoms with Crippen LogP contribution in [-0.2, 0) is 0 Å². The molecule has 1 nitrogen and oxygen atoms in total. The number of rotatable bonds is 0. The molecule has 0 aromatic carbocycles. The second kappa shape index (κ2) is 2.70. The molecule has 1 radical (unpaired) electrons. The fourth-order valence-electron chi connectivity index (χ4n) is 0.939. The van der Waals surface area contributed by atoms with Crippen LogP contribution < -0.4 is 0 Å². The van der Waals surface area contributed by atoms with E-state index in [1.807, 2.05) is 0 Å².